The highest BCUT2D eigenvalue weighted by Gasteiger charge is 2.28. The van der Waals surface area contributed by atoms with Gasteiger partial charge in [0, 0.05) is 12.2 Å². The third-order valence-electron chi connectivity index (χ3n) is 3.92. The molecule has 0 bridgehead atoms. The maximum atomic E-state index is 10.9. The van der Waals surface area contributed by atoms with Crippen LogP contribution in [-0.4, -0.2) is 31.4 Å². The zero-order valence-corrected chi connectivity index (χ0v) is 12.8. The number of aliphatic carboxylic acids is 1. The van der Waals surface area contributed by atoms with E-state index in [4.69, 9.17) is 5.11 Å². The van der Waals surface area contributed by atoms with Gasteiger partial charge in [0.25, 0.3) is 0 Å². The summed E-state index contributed by atoms with van der Waals surface area (Å²) in [6, 6.07) is 2.36. The molecule has 112 valence electrons. The lowest BCUT2D eigenvalue weighted by Gasteiger charge is -2.19. The molecule has 3 rings (SSSR count). The van der Waals surface area contributed by atoms with Crippen molar-refractivity contribution in [2.75, 3.05) is 5.75 Å². The zero-order chi connectivity index (χ0) is 14.8. The summed E-state index contributed by atoms with van der Waals surface area (Å²) in [4.78, 5) is 19.6. The Labute approximate surface area is 127 Å². The molecule has 0 aromatic carbocycles. The van der Waals surface area contributed by atoms with Crippen LogP contribution >= 0.6 is 11.8 Å². The first-order valence-electron chi connectivity index (χ1n) is 7.35. The van der Waals surface area contributed by atoms with Crippen molar-refractivity contribution in [2.24, 2.45) is 5.92 Å². The van der Waals surface area contributed by atoms with Crippen LogP contribution in [0.2, 0.25) is 0 Å². The van der Waals surface area contributed by atoms with Crippen LogP contribution in [0.15, 0.2) is 23.6 Å². The summed E-state index contributed by atoms with van der Waals surface area (Å²) < 4.78 is 2.23. The van der Waals surface area contributed by atoms with Gasteiger partial charge in [0.15, 0.2) is 5.16 Å². The van der Waals surface area contributed by atoms with Gasteiger partial charge in [-0.05, 0) is 24.8 Å². The standard InChI is InChI=1S/C15H19N3O2S/c1-2-11(7-10-3-4-10)18-13-5-6-16-8-12(13)17-15(18)21-9-14(19)20/h5-6,8,10-11H,2-4,7,9H2,1H3,(H,19,20). The molecule has 0 spiro atoms. The van der Waals surface area contributed by atoms with Crippen LogP contribution in [0.25, 0.3) is 11.0 Å². The molecule has 1 aliphatic carbocycles. The van der Waals surface area contributed by atoms with E-state index in [-0.39, 0.29) is 5.75 Å². The Kier molecular flexibility index (Phi) is 4.14. The molecule has 1 aliphatic rings. The number of aromatic nitrogens is 3. The molecule has 21 heavy (non-hydrogen) atoms. The number of fused-ring (bicyclic) bond motifs is 1. The number of thioether (sulfide) groups is 1. The quantitative estimate of drug-likeness (QED) is 0.794. The first-order valence-corrected chi connectivity index (χ1v) is 8.34. The SMILES string of the molecule is CCC(CC1CC1)n1c(SCC(=O)O)nc2cnccc21. The van der Waals surface area contributed by atoms with Gasteiger partial charge in [0.05, 0.1) is 17.5 Å². The Bertz CT molecular complexity index is 651. The number of nitrogens with zero attached hydrogens (tertiary/aromatic N) is 3. The van der Waals surface area contributed by atoms with Crippen molar-refractivity contribution in [3.05, 3.63) is 18.5 Å². The Morgan fingerprint density at radius 3 is 3.05 bits per heavy atom. The van der Waals surface area contributed by atoms with Crippen molar-refractivity contribution < 1.29 is 9.90 Å². The van der Waals surface area contributed by atoms with Crippen LogP contribution in [-0.2, 0) is 4.79 Å². The van der Waals surface area contributed by atoms with E-state index in [1.807, 2.05) is 6.07 Å². The first-order chi connectivity index (χ1) is 10.2. The van der Waals surface area contributed by atoms with Gasteiger partial charge in [0.1, 0.15) is 5.52 Å². The maximum absolute atomic E-state index is 10.9. The minimum atomic E-state index is -0.813. The van der Waals surface area contributed by atoms with Crippen LogP contribution in [0, 0.1) is 5.92 Å². The largest absolute Gasteiger partial charge is 0.481 e. The maximum Gasteiger partial charge on any atom is 0.313 e. The molecule has 0 amide bonds. The Morgan fingerprint density at radius 1 is 1.57 bits per heavy atom. The summed E-state index contributed by atoms with van der Waals surface area (Å²) in [7, 11) is 0. The molecular weight excluding hydrogens is 286 g/mol. The summed E-state index contributed by atoms with van der Waals surface area (Å²) in [6.07, 6.45) is 8.36. The van der Waals surface area contributed by atoms with Gasteiger partial charge < -0.3 is 9.67 Å². The number of carboxylic acid groups (broad SMARTS) is 1. The third kappa shape index (κ3) is 3.20. The number of carbonyl (C=O) groups is 1. The van der Waals surface area contributed by atoms with Crippen molar-refractivity contribution in [1.29, 1.82) is 0 Å². The summed E-state index contributed by atoms with van der Waals surface area (Å²) in [6.45, 7) is 2.19. The normalized spacial score (nSPS) is 16.2. The molecule has 1 atom stereocenters. The number of carboxylic acids is 1. The molecule has 2 heterocycles. The highest BCUT2D eigenvalue weighted by molar-refractivity contribution is 7.99. The molecule has 0 radical (unpaired) electrons. The molecule has 1 saturated carbocycles. The van der Waals surface area contributed by atoms with E-state index in [1.54, 1.807) is 12.4 Å². The molecule has 6 heteroatoms. The fourth-order valence-electron chi connectivity index (χ4n) is 2.70. The average Bonchev–Trinajstić information content (AvgIpc) is 3.22. The molecule has 5 nitrogen and oxygen atoms in total. The van der Waals surface area contributed by atoms with E-state index in [1.165, 1.54) is 24.6 Å². The van der Waals surface area contributed by atoms with E-state index >= 15 is 0 Å². The highest BCUT2D eigenvalue weighted by Crippen LogP contribution is 2.40. The molecule has 0 aliphatic heterocycles. The van der Waals surface area contributed by atoms with Crippen LogP contribution in [0.5, 0.6) is 0 Å². The van der Waals surface area contributed by atoms with Gasteiger partial charge >= 0.3 is 5.97 Å². The zero-order valence-electron chi connectivity index (χ0n) is 12.0. The van der Waals surface area contributed by atoms with Crippen molar-refractivity contribution in [3.63, 3.8) is 0 Å². The van der Waals surface area contributed by atoms with Crippen LogP contribution in [0.1, 0.15) is 38.6 Å². The van der Waals surface area contributed by atoms with E-state index in [2.05, 4.69) is 21.5 Å². The van der Waals surface area contributed by atoms with Crippen molar-refractivity contribution >= 4 is 28.8 Å². The van der Waals surface area contributed by atoms with Gasteiger partial charge in [0.2, 0.25) is 0 Å². The minimum absolute atomic E-state index is 0.0383. The smallest absolute Gasteiger partial charge is 0.313 e. The highest BCUT2D eigenvalue weighted by atomic mass is 32.2. The Hall–Kier alpha value is -1.56. The summed E-state index contributed by atoms with van der Waals surface area (Å²) in [5, 5.41) is 9.72. The summed E-state index contributed by atoms with van der Waals surface area (Å²) in [5.41, 5.74) is 1.91. The second-order valence-corrected chi connectivity index (χ2v) is 6.49. The van der Waals surface area contributed by atoms with Gasteiger partial charge in [-0.2, -0.15) is 0 Å². The number of hydrogen-bond donors (Lipinski definition) is 1. The van der Waals surface area contributed by atoms with Crippen LogP contribution in [0.3, 0.4) is 0 Å². The second kappa shape index (κ2) is 6.05. The number of pyridine rings is 1. The van der Waals surface area contributed by atoms with Crippen molar-refractivity contribution in [3.8, 4) is 0 Å². The second-order valence-electron chi connectivity index (χ2n) is 5.55. The minimum Gasteiger partial charge on any atom is -0.481 e. The van der Waals surface area contributed by atoms with E-state index < -0.39 is 5.97 Å². The van der Waals surface area contributed by atoms with Crippen molar-refractivity contribution in [2.45, 2.75) is 43.8 Å². The number of rotatable bonds is 7. The lowest BCUT2D eigenvalue weighted by Crippen LogP contribution is -2.11. The molecule has 1 fully saturated rings. The Balaban J connectivity index is 1.98. The van der Waals surface area contributed by atoms with Gasteiger partial charge in [-0.1, -0.05) is 31.5 Å². The monoisotopic (exact) mass is 305 g/mol. The van der Waals surface area contributed by atoms with Crippen LogP contribution in [0.4, 0.5) is 0 Å². The van der Waals surface area contributed by atoms with Gasteiger partial charge in [-0.15, -0.1) is 0 Å². The van der Waals surface area contributed by atoms with E-state index in [0.29, 0.717) is 6.04 Å². The summed E-state index contributed by atoms with van der Waals surface area (Å²) >= 11 is 1.30. The third-order valence-corrected chi connectivity index (χ3v) is 4.86. The molecule has 2 aromatic rings. The predicted molar refractivity (Wildman–Crippen MR) is 82.6 cm³/mol. The van der Waals surface area contributed by atoms with Crippen molar-refractivity contribution in [1.82, 2.24) is 14.5 Å². The molecule has 2 aromatic heterocycles. The van der Waals surface area contributed by atoms with E-state index in [0.717, 1.165) is 34.9 Å². The number of imidazole rings is 1. The molecule has 1 unspecified atom stereocenters. The lowest BCUT2D eigenvalue weighted by molar-refractivity contribution is -0.133. The predicted octanol–water partition coefficient (Wildman–Crippen LogP) is 3.36. The lowest BCUT2D eigenvalue weighted by atomic mass is 10.1. The summed E-state index contributed by atoms with van der Waals surface area (Å²) in [5.74, 6) is 0.0508. The molecule has 0 saturated heterocycles. The molecule has 1 N–H and O–H groups in total. The fourth-order valence-corrected chi connectivity index (χ4v) is 3.50. The van der Waals surface area contributed by atoms with Gasteiger partial charge in [-0.3, -0.25) is 9.78 Å². The average molecular weight is 305 g/mol. The Morgan fingerprint density at radius 2 is 2.38 bits per heavy atom. The first kappa shape index (κ1) is 14.4. The van der Waals surface area contributed by atoms with Gasteiger partial charge in [-0.25, -0.2) is 4.98 Å². The molecular formula is C15H19N3O2S. The fraction of sp³-hybridized carbons (Fsp3) is 0.533. The topological polar surface area (TPSA) is 68.0 Å². The number of hydrogen-bond acceptors (Lipinski definition) is 4. The van der Waals surface area contributed by atoms with E-state index in [9.17, 15) is 4.79 Å². The van der Waals surface area contributed by atoms with Crippen LogP contribution < -0.4 is 0 Å².